The average Bonchev–Trinajstić information content (AvgIpc) is 3.06. The molecule has 1 aromatic carbocycles. The summed E-state index contributed by atoms with van der Waals surface area (Å²) in [5.41, 5.74) is 2.16. The number of imidazole rings is 1. The van der Waals surface area contributed by atoms with Gasteiger partial charge in [-0.3, -0.25) is 4.57 Å². The molecule has 0 amide bonds. The SMILES string of the molecule is CNCc1cn(Cc2nccn2C(F)F)c2ccccc12. The average molecular weight is 290 g/mol. The van der Waals surface area contributed by atoms with Crippen molar-refractivity contribution in [2.45, 2.75) is 19.6 Å². The van der Waals surface area contributed by atoms with Crippen molar-refractivity contribution in [1.29, 1.82) is 0 Å². The van der Waals surface area contributed by atoms with Crippen LogP contribution < -0.4 is 5.32 Å². The van der Waals surface area contributed by atoms with Crippen LogP contribution in [-0.2, 0) is 13.1 Å². The van der Waals surface area contributed by atoms with E-state index in [1.54, 1.807) is 0 Å². The number of benzene rings is 1. The maximum atomic E-state index is 12.9. The smallest absolute Gasteiger partial charge is 0.319 e. The van der Waals surface area contributed by atoms with Crippen LogP contribution in [0.4, 0.5) is 8.78 Å². The van der Waals surface area contributed by atoms with E-state index in [-0.39, 0.29) is 0 Å². The number of para-hydroxylation sites is 1. The maximum absolute atomic E-state index is 12.9. The van der Waals surface area contributed by atoms with E-state index in [9.17, 15) is 8.78 Å². The summed E-state index contributed by atoms with van der Waals surface area (Å²) in [6.45, 7) is -1.51. The van der Waals surface area contributed by atoms with Gasteiger partial charge in [-0.2, -0.15) is 8.78 Å². The zero-order valence-corrected chi connectivity index (χ0v) is 11.6. The molecule has 0 spiro atoms. The van der Waals surface area contributed by atoms with E-state index in [2.05, 4.69) is 10.3 Å². The van der Waals surface area contributed by atoms with Crippen molar-refractivity contribution in [1.82, 2.24) is 19.4 Å². The predicted octanol–water partition coefficient (Wildman–Crippen LogP) is 3.00. The van der Waals surface area contributed by atoms with E-state index < -0.39 is 6.55 Å². The zero-order valence-electron chi connectivity index (χ0n) is 11.6. The zero-order chi connectivity index (χ0) is 14.8. The number of rotatable bonds is 5. The summed E-state index contributed by atoms with van der Waals surface area (Å²) < 4.78 is 28.7. The van der Waals surface area contributed by atoms with E-state index in [1.165, 1.54) is 12.4 Å². The van der Waals surface area contributed by atoms with E-state index in [4.69, 9.17) is 0 Å². The van der Waals surface area contributed by atoms with Crippen molar-refractivity contribution in [2.24, 2.45) is 0 Å². The number of halogens is 2. The fraction of sp³-hybridized carbons (Fsp3) is 0.267. The van der Waals surface area contributed by atoms with E-state index in [0.717, 1.165) is 27.6 Å². The molecule has 2 heterocycles. The quantitative estimate of drug-likeness (QED) is 0.784. The Morgan fingerprint density at radius 1 is 1.29 bits per heavy atom. The second-order valence-corrected chi connectivity index (χ2v) is 4.86. The molecule has 0 bridgehead atoms. The van der Waals surface area contributed by atoms with Crippen LogP contribution >= 0.6 is 0 Å². The molecule has 0 aliphatic heterocycles. The highest BCUT2D eigenvalue weighted by molar-refractivity contribution is 5.84. The summed E-state index contributed by atoms with van der Waals surface area (Å²) in [6.07, 6.45) is 4.70. The minimum atomic E-state index is -2.57. The van der Waals surface area contributed by atoms with Gasteiger partial charge >= 0.3 is 6.55 Å². The number of nitrogens with one attached hydrogen (secondary N) is 1. The van der Waals surface area contributed by atoms with Crippen LogP contribution in [0.5, 0.6) is 0 Å². The monoisotopic (exact) mass is 290 g/mol. The number of hydrogen-bond acceptors (Lipinski definition) is 2. The molecule has 3 aromatic rings. The van der Waals surface area contributed by atoms with Crippen LogP contribution in [0, 0.1) is 0 Å². The lowest BCUT2D eigenvalue weighted by molar-refractivity contribution is 0.0667. The van der Waals surface area contributed by atoms with Gasteiger partial charge in [0.15, 0.2) is 0 Å². The highest BCUT2D eigenvalue weighted by Crippen LogP contribution is 2.23. The van der Waals surface area contributed by atoms with E-state index in [1.807, 2.05) is 42.1 Å². The van der Waals surface area contributed by atoms with Crippen molar-refractivity contribution in [3.63, 3.8) is 0 Å². The summed E-state index contributed by atoms with van der Waals surface area (Å²) in [4.78, 5) is 4.04. The first-order valence-corrected chi connectivity index (χ1v) is 6.72. The Labute approximate surface area is 121 Å². The number of fused-ring (bicyclic) bond motifs is 1. The van der Waals surface area contributed by atoms with Crippen LogP contribution in [0.15, 0.2) is 42.9 Å². The molecule has 0 radical (unpaired) electrons. The van der Waals surface area contributed by atoms with Gasteiger partial charge in [-0.05, 0) is 18.7 Å². The van der Waals surface area contributed by atoms with Gasteiger partial charge in [-0.15, -0.1) is 0 Å². The highest BCUT2D eigenvalue weighted by atomic mass is 19.3. The second-order valence-electron chi connectivity index (χ2n) is 4.86. The summed E-state index contributed by atoms with van der Waals surface area (Å²) >= 11 is 0. The Morgan fingerprint density at radius 3 is 2.86 bits per heavy atom. The van der Waals surface area contributed by atoms with Crippen molar-refractivity contribution in [2.75, 3.05) is 7.05 Å². The van der Waals surface area contributed by atoms with Crippen LogP contribution in [0.1, 0.15) is 17.9 Å². The summed E-state index contributed by atoms with van der Waals surface area (Å²) in [6, 6.07) is 7.95. The van der Waals surface area contributed by atoms with Gasteiger partial charge in [0.1, 0.15) is 5.82 Å². The van der Waals surface area contributed by atoms with Crippen LogP contribution in [0.2, 0.25) is 0 Å². The molecular formula is C15H16F2N4. The van der Waals surface area contributed by atoms with Crippen LogP contribution in [-0.4, -0.2) is 21.2 Å². The van der Waals surface area contributed by atoms with Crippen molar-refractivity contribution in [3.05, 3.63) is 54.2 Å². The Balaban J connectivity index is 2.02. The third kappa shape index (κ3) is 2.54. The topological polar surface area (TPSA) is 34.8 Å². The van der Waals surface area contributed by atoms with Crippen molar-refractivity contribution in [3.8, 4) is 0 Å². The lowest BCUT2D eigenvalue weighted by atomic mass is 10.2. The fourth-order valence-electron chi connectivity index (χ4n) is 2.58. The first-order chi connectivity index (χ1) is 10.2. The van der Waals surface area contributed by atoms with Gasteiger partial charge in [0, 0.05) is 36.0 Å². The second kappa shape index (κ2) is 5.65. The molecule has 0 aliphatic carbocycles. The summed E-state index contributed by atoms with van der Waals surface area (Å²) in [5.74, 6) is 0.349. The molecule has 6 heteroatoms. The fourth-order valence-corrected chi connectivity index (χ4v) is 2.58. The van der Waals surface area contributed by atoms with Crippen LogP contribution in [0.3, 0.4) is 0 Å². The maximum Gasteiger partial charge on any atom is 0.319 e. The molecule has 0 aliphatic rings. The van der Waals surface area contributed by atoms with E-state index >= 15 is 0 Å². The molecule has 1 N–H and O–H groups in total. The van der Waals surface area contributed by atoms with Gasteiger partial charge in [0.25, 0.3) is 0 Å². The van der Waals surface area contributed by atoms with Crippen molar-refractivity contribution < 1.29 is 8.78 Å². The third-order valence-electron chi connectivity index (χ3n) is 3.51. The summed E-state index contributed by atoms with van der Waals surface area (Å²) in [7, 11) is 1.88. The lowest BCUT2D eigenvalue weighted by Crippen LogP contribution is -2.08. The predicted molar refractivity (Wildman–Crippen MR) is 77.3 cm³/mol. The van der Waals surface area contributed by atoms with E-state index in [0.29, 0.717) is 12.4 Å². The molecule has 0 unspecified atom stereocenters. The Morgan fingerprint density at radius 2 is 2.10 bits per heavy atom. The molecule has 4 nitrogen and oxygen atoms in total. The van der Waals surface area contributed by atoms with Gasteiger partial charge in [0.05, 0.1) is 6.54 Å². The van der Waals surface area contributed by atoms with Gasteiger partial charge in [-0.1, -0.05) is 18.2 Å². The minimum Gasteiger partial charge on any atom is -0.340 e. The number of alkyl halides is 2. The highest BCUT2D eigenvalue weighted by Gasteiger charge is 2.14. The molecule has 110 valence electrons. The Kier molecular flexibility index (Phi) is 3.70. The largest absolute Gasteiger partial charge is 0.340 e. The first-order valence-electron chi connectivity index (χ1n) is 6.72. The standard InChI is InChI=1S/C15H16F2N4/c1-18-8-11-9-20(13-5-3-2-4-12(11)13)10-14-19-6-7-21(14)15(16)17/h2-7,9,15,18H,8,10H2,1H3. The molecule has 3 rings (SSSR count). The molecule has 0 atom stereocenters. The number of aromatic nitrogens is 3. The molecule has 0 saturated heterocycles. The first kappa shape index (κ1) is 13.8. The summed E-state index contributed by atoms with van der Waals surface area (Å²) in [5, 5.41) is 4.25. The Hall–Kier alpha value is -2.21. The Bertz CT molecular complexity index is 745. The number of nitrogens with zero attached hydrogens (tertiary/aromatic N) is 3. The van der Waals surface area contributed by atoms with Crippen LogP contribution in [0.25, 0.3) is 10.9 Å². The molecule has 0 saturated carbocycles. The molecular weight excluding hydrogens is 274 g/mol. The van der Waals surface area contributed by atoms with Gasteiger partial charge in [0.2, 0.25) is 0 Å². The molecule has 0 fully saturated rings. The van der Waals surface area contributed by atoms with Gasteiger partial charge in [-0.25, -0.2) is 4.98 Å². The number of hydrogen-bond donors (Lipinski definition) is 1. The minimum absolute atomic E-state index is 0.321. The van der Waals surface area contributed by atoms with Crippen molar-refractivity contribution >= 4 is 10.9 Å². The third-order valence-corrected chi connectivity index (χ3v) is 3.51. The lowest BCUT2D eigenvalue weighted by Gasteiger charge is -2.08. The molecule has 2 aromatic heterocycles. The molecule has 21 heavy (non-hydrogen) atoms. The van der Waals surface area contributed by atoms with Gasteiger partial charge < -0.3 is 9.88 Å². The normalized spacial score (nSPS) is 11.6.